The number of anilines is 1. The van der Waals surface area contributed by atoms with Crippen molar-refractivity contribution in [3.63, 3.8) is 0 Å². The summed E-state index contributed by atoms with van der Waals surface area (Å²) in [5.41, 5.74) is -5.15. The number of halogens is 7. The molecule has 13 heteroatoms. The molecule has 174 valence electrons. The zero-order chi connectivity index (χ0) is 23.6. The monoisotopic (exact) mass is 467 g/mol. The summed E-state index contributed by atoms with van der Waals surface area (Å²) in [4.78, 5) is 25.0. The topological polar surface area (TPSA) is 65.8 Å². The molecule has 32 heavy (non-hydrogen) atoms. The highest BCUT2D eigenvalue weighted by molar-refractivity contribution is 5.95. The van der Waals surface area contributed by atoms with E-state index in [4.69, 9.17) is 0 Å². The molecule has 0 atom stereocenters. The summed E-state index contributed by atoms with van der Waals surface area (Å²) in [7, 11) is 0. The van der Waals surface area contributed by atoms with Gasteiger partial charge in [-0.1, -0.05) is 0 Å². The van der Waals surface area contributed by atoms with Crippen LogP contribution >= 0.6 is 0 Å². The van der Waals surface area contributed by atoms with Gasteiger partial charge in [0.2, 0.25) is 5.43 Å². The molecule has 1 aliphatic heterocycles. The lowest BCUT2D eigenvalue weighted by Gasteiger charge is -2.38. The molecule has 2 aliphatic rings. The average Bonchev–Trinajstić information content (AvgIpc) is 3.51. The van der Waals surface area contributed by atoms with Crippen LogP contribution in [0.4, 0.5) is 36.4 Å². The number of piperazine rings is 1. The van der Waals surface area contributed by atoms with Crippen LogP contribution in [-0.2, 0) is 6.18 Å². The number of nitrogens with zero attached hydrogens (tertiary/aromatic N) is 3. The number of benzene rings is 1. The normalized spacial score (nSPS) is 18.4. The predicted molar refractivity (Wildman–Crippen MR) is 98.2 cm³/mol. The Hall–Kier alpha value is -2.83. The number of aromatic nitrogens is 1. The van der Waals surface area contributed by atoms with Gasteiger partial charge in [-0.25, -0.2) is 14.1 Å². The van der Waals surface area contributed by atoms with Crippen molar-refractivity contribution in [3.05, 3.63) is 39.4 Å². The molecule has 0 amide bonds. The molecule has 1 saturated carbocycles. The van der Waals surface area contributed by atoms with E-state index in [9.17, 15) is 41.0 Å². The van der Waals surface area contributed by atoms with Crippen LogP contribution in [0.1, 0.15) is 34.8 Å². The molecule has 0 radical (unpaired) electrons. The minimum atomic E-state index is -5.16. The predicted octanol–water partition coefficient (Wildman–Crippen LogP) is 3.83. The summed E-state index contributed by atoms with van der Waals surface area (Å²) in [6, 6.07) is 0.0432. The molecule has 1 N–H and O–H groups in total. The molecule has 1 saturated heterocycles. The van der Waals surface area contributed by atoms with Crippen molar-refractivity contribution in [2.45, 2.75) is 31.4 Å². The van der Waals surface area contributed by atoms with Gasteiger partial charge in [-0.2, -0.15) is 26.3 Å². The summed E-state index contributed by atoms with van der Waals surface area (Å²) in [5, 5.41) is 8.53. The second-order valence-corrected chi connectivity index (χ2v) is 7.73. The fraction of sp³-hybridized carbons (Fsp3) is 0.474. The van der Waals surface area contributed by atoms with Crippen molar-refractivity contribution in [2.75, 3.05) is 31.1 Å². The Kier molecular flexibility index (Phi) is 5.14. The molecular formula is C19H16F7N3O3. The molecule has 1 aromatic carbocycles. The molecule has 2 heterocycles. The quantitative estimate of drug-likeness (QED) is 0.549. The van der Waals surface area contributed by atoms with Crippen LogP contribution in [0.3, 0.4) is 0 Å². The molecule has 0 spiro atoms. The fourth-order valence-electron chi connectivity index (χ4n) is 4.03. The van der Waals surface area contributed by atoms with Crippen LogP contribution in [0, 0.1) is 5.82 Å². The van der Waals surface area contributed by atoms with Gasteiger partial charge in [0.25, 0.3) is 0 Å². The van der Waals surface area contributed by atoms with E-state index >= 15 is 4.39 Å². The molecule has 4 rings (SSSR count). The van der Waals surface area contributed by atoms with Crippen molar-refractivity contribution >= 4 is 22.6 Å². The van der Waals surface area contributed by atoms with Crippen LogP contribution in [0.25, 0.3) is 10.9 Å². The Labute approximate surface area is 175 Å². The van der Waals surface area contributed by atoms with Crippen molar-refractivity contribution in [1.82, 2.24) is 9.47 Å². The highest BCUT2D eigenvalue weighted by Crippen LogP contribution is 2.46. The zero-order valence-corrected chi connectivity index (χ0v) is 16.2. The van der Waals surface area contributed by atoms with Crippen molar-refractivity contribution in [3.8, 4) is 0 Å². The third kappa shape index (κ3) is 3.78. The van der Waals surface area contributed by atoms with Crippen molar-refractivity contribution < 1.29 is 40.6 Å². The van der Waals surface area contributed by atoms with Gasteiger partial charge in [0, 0.05) is 38.4 Å². The van der Waals surface area contributed by atoms with E-state index in [2.05, 4.69) is 0 Å². The Bertz CT molecular complexity index is 1140. The number of pyridine rings is 1. The first kappa shape index (κ1) is 22.4. The Morgan fingerprint density at radius 1 is 1.03 bits per heavy atom. The van der Waals surface area contributed by atoms with Gasteiger partial charge in [-0.05, 0) is 18.9 Å². The lowest BCUT2D eigenvalue weighted by Crippen LogP contribution is -2.52. The summed E-state index contributed by atoms with van der Waals surface area (Å²) in [5.74, 6) is -3.11. The van der Waals surface area contributed by atoms with Gasteiger partial charge in [0.15, 0.2) is 0 Å². The average molecular weight is 467 g/mol. The standard InChI is InChI=1S/C19H16F7N3O3/c20-12-7-10-14(29(9-1-2-9)8-11(16(10)30)17(31)32)13(18(21,22)23)15(12)27-3-5-28(6-4-27)19(24,25)26/h7-9H,1-6H2,(H,31,32). The van der Waals surface area contributed by atoms with Crippen LogP contribution in [0.15, 0.2) is 17.1 Å². The number of alkyl halides is 6. The van der Waals surface area contributed by atoms with Crippen LogP contribution in [0.5, 0.6) is 0 Å². The first-order valence-corrected chi connectivity index (χ1v) is 9.59. The molecule has 1 aromatic heterocycles. The molecule has 0 bridgehead atoms. The number of fused-ring (bicyclic) bond motifs is 1. The van der Waals surface area contributed by atoms with Gasteiger partial charge in [0.1, 0.15) is 16.9 Å². The first-order valence-electron chi connectivity index (χ1n) is 9.59. The smallest absolute Gasteiger partial charge is 0.460 e. The van der Waals surface area contributed by atoms with Crippen LogP contribution in [0.2, 0.25) is 0 Å². The summed E-state index contributed by atoms with van der Waals surface area (Å²) in [6.07, 6.45) is -8.13. The Morgan fingerprint density at radius 2 is 1.62 bits per heavy atom. The second-order valence-electron chi connectivity index (χ2n) is 7.73. The maximum Gasteiger partial charge on any atom is 0.460 e. The molecule has 1 aliphatic carbocycles. The maximum absolute atomic E-state index is 15.0. The minimum Gasteiger partial charge on any atom is -0.477 e. The number of hydrogen-bond donors (Lipinski definition) is 1. The van der Waals surface area contributed by atoms with E-state index < -0.39 is 89.6 Å². The fourth-order valence-corrected chi connectivity index (χ4v) is 4.03. The van der Waals surface area contributed by atoms with E-state index in [0.29, 0.717) is 18.9 Å². The lowest BCUT2D eigenvalue weighted by atomic mass is 10.0. The second kappa shape index (κ2) is 7.36. The largest absolute Gasteiger partial charge is 0.477 e. The first-order chi connectivity index (χ1) is 14.8. The van der Waals surface area contributed by atoms with E-state index in [1.54, 1.807) is 0 Å². The number of aromatic carboxylic acids is 1. The van der Waals surface area contributed by atoms with E-state index in [1.165, 1.54) is 0 Å². The van der Waals surface area contributed by atoms with Crippen molar-refractivity contribution in [1.29, 1.82) is 0 Å². The zero-order valence-electron chi connectivity index (χ0n) is 16.2. The molecule has 2 fully saturated rings. The van der Waals surface area contributed by atoms with Gasteiger partial charge >= 0.3 is 18.4 Å². The van der Waals surface area contributed by atoms with E-state index in [1.807, 2.05) is 0 Å². The van der Waals surface area contributed by atoms with Gasteiger partial charge in [-0.15, -0.1) is 0 Å². The van der Waals surface area contributed by atoms with Gasteiger partial charge < -0.3 is 14.6 Å². The molecular weight excluding hydrogens is 451 g/mol. The van der Waals surface area contributed by atoms with Gasteiger partial charge in [0.05, 0.1) is 16.6 Å². The number of carboxylic acid groups (broad SMARTS) is 1. The SMILES string of the molecule is O=C(O)c1cn(C2CC2)c2c(C(F)(F)F)c(N3CCN(C(F)(F)F)CC3)c(F)cc2c1=O. The summed E-state index contributed by atoms with van der Waals surface area (Å²) >= 11 is 0. The van der Waals surface area contributed by atoms with E-state index in [-0.39, 0.29) is 4.90 Å². The molecule has 0 unspecified atom stereocenters. The highest BCUT2D eigenvalue weighted by Gasteiger charge is 2.44. The van der Waals surface area contributed by atoms with Crippen LogP contribution in [-0.4, -0.2) is 53.0 Å². The Balaban J connectivity index is 1.96. The third-order valence-corrected chi connectivity index (χ3v) is 5.65. The lowest BCUT2D eigenvalue weighted by molar-refractivity contribution is -0.246. The van der Waals surface area contributed by atoms with Crippen LogP contribution < -0.4 is 10.3 Å². The number of rotatable bonds is 3. The summed E-state index contributed by atoms with van der Waals surface area (Å²) < 4.78 is 97.4. The number of hydrogen-bond acceptors (Lipinski definition) is 4. The van der Waals surface area contributed by atoms with Crippen molar-refractivity contribution in [2.24, 2.45) is 0 Å². The minimum absolute atomic E-state index is 0.120. The molecule has 2 aromatic rings. The summed E-state index contributed by atoms with van der Waals surface area (Å²) in [6.45, 7) is -2.37. The highest BCUT2D eigenvalue weighted by atomic mass is 19.4. The maximum atomic E-state index is 15.0. The van der Waals surface area contributed by atoms with E-state index in [0.717, 1.165) is 15.7 Å². The molecule has 6 nitrogen and oxygen atoms in total. The Morgan fingerprint density at radius 3 is 2.09 bits per heavy atom. The van der Waals surface area contributed by atoms with Gasteiger partial charge in [-0.3, -0.25) is 4.79 Å². The third-order valence-electron chi connectivity index (χ3n) is 5.65. The number of carbonyl (C=O) groups is 1. The number of carboxylic acids is 1.